The van der Waals surface area contributed by atoms with Crippen molar-refractivity contribution in [2.24, 2.45) is 5.41 Å². The number of carbonyl (C=O) groups is 2. The van der Waals surface area contributed by atoms with E-state index in [-0.39, 0.29) is 18.3 Å². The number of aliphatic carboxylic acids is 1. The van der Waals surface area contributed by atoms with Crippen LogP contribution in [-0.4, -0.2) is 22.6 Å². The molecule has 0 aromatic heterocycles. The van der Waals surface area contributed by atoms with Gasteiger partial charge in [0.1, 0.15) is 5.60 Å². The molecule has 5 heteroatoms. The van der Waals surface area contributed by atoms with Gasteiger partial charge in [0, 0.05) is 0 Å². The number of hydrogen-bond donors (Lipinski definition) is 1. The Kier molecular flexibility index (Phi) is 5.61. The van der Waals surface area contributed by atoms with Gasteiger partial charge in [-0.15, -0.1) is 0 Å². The van der Waals surface area contributed by atoms with E-state index in [1.807, 2.05) is 34.6 Å². The van der Waals surface area contributed by atoms with Crippen LogP contribution >= 0.6 is 0 Å². The molecule has 0 fully saturated rings. The molecule has 1 N–H and O–H groups in total. The molecule has 0 aliphatic heterocycles. The predicted octanol–water partition coefficient (Wildman–Crippen LogP) is 2.54. The van der Waals surface area contributed by atoms with Crippen LogP contribution in [0.25, 0.3) is 0 Å². The third-order valence-corrected chi connectivity index (χ3v) is 3.40. The van der Waals surface area contributed by atoms with Gasteiger partial charge < -0.3 is 5.11 Å². The fraction of sp³-hybridized carbons (Fsp3) is 0.833. The van der Waals surface area contributed by atoms with Crippen LogP contribution in [0.1, 0.15) is 53.9 Å². The van der Waals surface area contributed by atoms with Crippen LogP contribution < -0.4 is 0 Å². The molecule has 0 rings (SSSR count). The lowest BCUT2D eigenvalue weighted by molar-refractivity contribution is -0.347. The van der Waals surface area contributed by atoms with E-state index in [1.54, 1.807) is 0 Å². The highest BCUT2D eigenvalue weighted by molar-refractivity contribution is 5.76. The van der Waals surface area contributed by atoms with Crippen molar-refractivity contribution in [1.82, 2.24) is 0 Å². The molecule has 0 unspecified atom stereocenters. The van der Waals surface area contributed by atoms with Crippen molar-refractivity contribution in [3.8, 4) is 0 Å². The van der Waals surface area contributed by atoms with Crippen molar-refractivity contribution in [3.05, 3.63) is 0 Å². The van der Waals surface area contributed by atoms with E-state index in [0.29, 0.717) is 0 Å². The summed E-state index contributed by atoms with van der Waals surface area (Å²) in [6, 6.07) is 0. The van der Waals surface area contributed by atoms with Gasteiger partial charge in [-0.2, -0.15) is 4.89 Å². The molecule has 5 nitrogen and oxygen atoms in total. The number of carbonyl (C=O) groups excluding carboxylic acids is 1. The summed E-state index contributed by atoms with van der Waals surface area (Å²) in [6.07, 6.45) is 0.435. The molecule has 0 atom stereocenters. The summed E-state index contributed by atoms with van der Waals surface area (Å²) in [5.74, 6) is -1.69. The Bertz CT molecular complexity index is 281. The largest absolute Gasteiger partial charge is 0.481 e. The molecule has 0 aromatic carbocycles. The lowest BCUT2D eigenvalue weighted by atomic mass is 9.75. The lowest BCUT2D eigenvalue weighted by Gasteiger charge is -2.38. The molecule has 0 aliphatic carbocycles. The normalized spacial score (nSPS) is 12.3. The van der Waals surface area contributed by atoms with E-state index in [4.69, 9.17) is 9.99 Å². The Morgan fingerprint density at radius 3 is 2.06 bits per heavy atom. The Labute approximate surface area is 102 Å². The van der Waals surface area contributed by atoms with Crippen molar-refractivity contribution in [3.63, 3.8) is 0 Å². The maximum Gasteiger partial charge on any atom is 0.342 e. The maximum atomic E-state index is 11.2. The van der Waals surface area contributed by atoms with Gasteiger partial charge >= 0.3 is 11.9 Å². The summed E-state index contributed by atoms with van der Waals surface area (Å²) >= 11 is 0. The highest BCUT2D eigenvalue weighted by atomic mass is 17.2. The fourth-order valence-corrected chi connectivity index (χ4v) is 0.940. The first-order chi connectivity index (χ1) is 7.62. The minimum Gasteiger partial charge on any atom is -0.481 e. The molecule has 0 saturated heterocycles. The van der Waals surface area contributed by atoms with Crippen molar-refractivity contribution in [2.45, 2.75) is 59.5 Å². The molecule has 0 aromatic rings. The molecule has 0 bridgehead atoms. The topological polar surface area (TPSA) is 72.8 Å². The Balaban J connectivity index is 4.18. The van der Waals surface area contributed by atoms with Crippen LogP contribution in [0.2, 0.25) is 0 Å². The zero-order valence-electron chi connectivity index (χ0n) is 11.2. The first-order valence-corrected chi connectivity index (χ1v) is 5.72. The Morgan fingerprint density at radius 2 is 1.65 bits per heavy atom. The highest BCUT2D eigenvalue weighted by Crippen LogP contribution is 2.36. The van der Waals surface area contributed by atoms with Crippen molar-refractivity contribution >= 4 is 11.9 Å². The number of rotatable bonds is 7. The molecule has 0 spiro atoms. The summed E-state index contributed by atoms with van der Waals surface area (Å²) in [4.78, 5) is 31.2. The molecular weight excluding hydrogens is 224 g/mol. The quantitative estimate of drug-likeness (QED) is 0.552. The van der Waals surface area contributed by atoms with E-state index < -0.39 is 17.5 Å². The van der Waals surface area contributed by atoms with E-state index in [2.05, 4.69) is 4.89 Å². The zero-order valence-corrected chi connectivity index (χ0v) is 11.2. The number of hydrogen-bond acceptors (Lipinski definition) is 4. The van der Waals surface area contributed by atoms with Crippen LogP contribution in [0.5, 0.6) is 0 Å². The third-order valence-electron chi connectivity index (χ3n) is 3.40. The van der Waals surface area contributed by atoms with Crippen LogP contribution in [0, 0.1) is 5.41 Å². The summed E-state index contributed by atoms with van der Waals surface area (Å²) in [5, 5.41) is 8.41. The SMILES string of the molecule is CCC(C)(C)C(C)(C)OOC(=O)CCC(=O)O. The minimum atomic E-state index is -1.03. The van der Waals surface area contributed by atoms with E-state index in [9.17, 15) is 9.59 Å². The van der Waals surface area contributed by atoms with Gasteiger partial charge in [0.2, 0.25) is 0 Å². The third kappa shape index (κ3) is 5.17. The molecule has 0 amide bonds. The fourth-order valence-electron chi connectivity index (χ4n) is 0.940. The Morgan fingerprint density at radius 1 is 1.12 bits per heavy atom. The summed E-state index contributed by atoms with van der Waals surface area (Å²) < 4.78 is 0. The van der Waals surface area contributed by atoms with Crippen molar-refractivity contribution in [1.29, 1.82) is 0 Å². The number of carboxylic acids is 1. The smallest absolute Gasteiger partial charge is 0.342 e. The summed E-state index contributed by atoms with van der Waals surface area (Å²) in [6.45, 7) is 9.72. The van der Waals surface area contributed by atoms with E-state index in [0.717, 1.165) is 6.42 Å². The number of carboxylic acid groups (broad SMARTS) is 1. The van der Waals surface area contributed by atoms with Crippen LogP contribution in [0.4, 0.5) is 0 Å². The second-order valence-electron chi connectivity index (χ2n) is 5.18. The van der Waals surface area contributed by atoms with Crippen LogP contribution in [0.3, 0.4) is 0 Å². The zero-order chi connectivity index (χ0) is 13.7. The summed E-state index contributed by atoms with van der Waals surface area (Å²) in [7, 11) is 0. The van der Waals surface area contributed by atoms with Gasteiger partial charge in [0.05, 0.1) is 12.8 Å². The minimum absolute atomic E-state index is 0.153. The van der Waals surface area contributed by atoms with Crippen molar-refractivity contribution < 1.29 is 24.5 Å². The molecule has 0 saturated carbocycles. The monoisotopic (exact) mass is 246 g/mol. The second kappa shape index (κ2) is 6.00. The van der Waals surface area contributed by atoms with Gasteiger partial charge in [-0.3, -0.25) is 9.68 Å². The van der Waals surface area contributed by atoms with Crippen molar-refractivity contribution in [2.75, 3.05) is 0 Å². The average Bonchev–Trinajstić information content (AvgIpc) is 2.23. The van der Waals surface area contributed by atoms with Crippen LogP contribution in [0.15, 0.2) is 0 Å². The van der Waals surface area contributed by atoms with E-state index in [1.165, 1.54) is 0 Å². The molecule has 0 heterocycles. The summed E-state index contributed by atoms with van der Waals surface area (Å²) in [5.41, 5.74) is -0.777. The van der Waals surface area contributed by atoms with Gasteiger partial charge in [-0.05, 0) is 25.7 Å². The van der Waals surface area contributed by atoms with Gasteiger partial charge in [0.15, 0.2) is 0 Å². The first-order valence-electron chi connectivity index (χ1n) is 5.72. The van der Waals surface area contributed by atoms with Gasteiger partial charge in [-0.25, -0.2) is 4.79 Å². The predicted molar refractivity (Wildman–Crippen MR) is 62.2 cm³/mol. The molecule has 100 valence electrons. The van der Waals surface area contributed by atoms with Gasteiger partial charge in [-0.1, -0.05) is 20.8 Å². The second-order valence-corrected chi connectivity index (χ2v) is 5.18. The standard InChI is InChI=1S/C12H22O5/c1-6-11(2,3)12(4,5)17-16-10(15)8-7-9(13)14/h6-8H2,1-5H3,(H,13,14). The first kappa shape index (κ1) is 15.9. The van der Waals surface area contributed by atoms with E-state index >= 15 is 0 Å². The highest BCUT2D eigenvalue weighted by Gasteiger charge is 2.38. The molecular formula is C12H22O5. The van der Waals surface area contributed by atoms with Gasteiger partial charge in [0.25, 0.3) is 0 Å². The maximum absolute atomic E-state index is 11.2. The molecule has 0 radical (unpaired) electrons. The molecule has 17 heavy (non-hydrogen) atoms. The molecule has 0 aliphatic rings. The lowest BCUT2D eigenvalue weighted by Crippen LogP contribution is -2.41. The Hall–Kier alpha value is -1.10. The van der Waals surface area contributed by atoms with Crippen LogP contribution in [-0.2, 0) is 19.4 Å². The average molecular weight is 246 g/mol.